The molecule has 1 saturated heterocycles. The van der Waals surface area contributed by atoms with Crippen LogP contribution in [0.2, 0.25) is 5.02 Å². The average molecular weight is 430 g/mol. The Labute approximate surface area is 180 Å². The number of benzene rings is 2. The van der Waals surface area contributed by atoms with Crippen LogP contribution in [0.3, 0.4) is 0 Å². The summed E-state index contributed by atoms with van der Waals surface area (Å²) in [4.78, 5) is 31.1. The van der Waals surface area contributed by atoms with E-state index < -0.39 is 5.25 Å². The molecule has 1 atom stereocenters. The molecule has 0 unspecified atom stereocenters. The SMILES string of the molecule is Cc1ccc(NC(=O)C[C@@H]2SC(=Nc3ccc(C(C)C)cc3)N(C)C2=O)cc1Cl. The molecular weight excluding hydrogens is 406 g/mol. The number of amides is 2. The minimum absolute atomic E-state index is 0.0741. The fourth-order valence-corrected chi connectivity index (χ4v) is 4.23. The first-order valence-corrected chi connectivity index (χ1v) is 10.7. The molecule has 0 saturated carbocycles. The summed E-state index contributed by atoms with van der Waals surface area (Å²) in [5, 5.41) is 3.51. The van der Waals surface area contributed by atoms with Crippen molar-refractivity contribution in [2.75, 3.05) is 12.4 Å². The molecule has 1 aliphatic heterocycles. The highest BCUT2D eigenvalue weighted by Crippen LogP contribution is 2.31. The molecule has 1 fully saturated rings. The first kappa shape index (κ1) is 21.4. The molecule has 29 heavy (non-hydrogen) atoms. The number of carbonyl (C=O) groups is 2. The third kappa shape index (κ3) is 5.19. The number of thioether (sulfide) groups is 1. The summed E-state index contributed by atoms with van der Waals surface area (Å²) in [6, 6.07) is 13.3. The van der Waals surface area contributed by atoms with Crippen LogP contribution < -0.4 is 5.32 Å². The van der Waals surface area contributed by atoms with Gasteiger partial charge in [0.15, 0.2) is 5.17 Å². The first-order chi connectivity index (χ1) is 13.7. The van der Waals surface area contributed by atoms with E-state index in [9.17, 15) is 9.59 Å². The van der Waals surface area contributed by atoms with E-state index in [0.29, 0.717) is 21.8 Å². The lowest BCUT2D eigenvalue weighted by atomic mass is 10.0. The number of carbonyl (C=O) groups excluding carboxylic acids is 2. The molecule has 0 aromatic heterocycles. The Morgan fingerprint density at radius 2 is 1.93 bits per heavy atom. The predicted octanol–water partition coefficient (Wildman–Crippen LogP) is 5.36. The number of aryl methyl sites for hydroxylation is 1. The van der Waals surface area contributed by atoms with Crippen LogP contribution >= 0.6 is 23.4 Å². The number of amidine groups is 1. The summed E-state index contributed by atoms with van der Waals surface area (Å²) >= 11 is 7.42. The fourth-order valence-electron chi connectivity index (χ4n) is 2.89. The van der Waals surface area contributed by atoms with Gasteiger partial charge >= 0.3 is 0 Å². The summed E-state index contributed by atoms with van der Waals surface area (Å²) < 4.78 is 0. The average Bonchev–Trinajstić information content (AvgIpc) is 2.93. The van der Waals surface area contributed by atoms with Crippen LogP contribution in [0, 0.1) is 6.92 Å². The van der Waals surface area contributed by atoms with Gasteiger partial charge in [-0.2, -0.15) is 0 Å². The summed E-state index contributed by atoms with van der Waals surface area (Å²) in [7, 11) is 1.69. The van der Waals surface area contributed by atoms with Crippen LogP contribution in [0.25, 0.3) is 0 Å². The number of nitrogens with zero attached hydrogens (tertiary/aromatic N) is 2. The fraction of sp³-hybridized carbons (Fsp3) is 0.318. The quantitative estimate of drug-likeness (QED) is 0.695. The Hall–Kier alpha value is -2.31. The molecule has 0 spiro atoms. The summed E-state index contributed by atoms with van der Waals surface area (Å²) in [6.45, 7) is 6.18. The van der Waals surface area contributed by atoms with E-state index in [-0.39, 0.29) is 18.2 Å². The maximum Gasteiger partial charge on any atom is 0.242 e. The van der Waals surface area contributed by atoms with Crippen molar-refractivity contribution in [1.82, 2.24) is 4.90 Å². The van der Waals surface area contributed by atoms with Gasteiger partial charge < -0.3 is 5.32 Å². The second-order valence-corrected chi connectivity index (χ2v) is 8.94. The summed E-state index contributed by atoms with van der Waals surface area (Å²) in [5.41, 5.74) is 3.59. The normalized spacial score (nSPS) is 18.0. The molecule has 3 rings (SSSR count). The molecule has 1 N–H and O–H groups in total. The molecule has 5 nitrogen and oxygen atoms in total. The molecule has 1 heterocycles. The number of hydrogen-bond acceptors (Lipinski definition) is 4. The number of rotatable bonds is 5. The van der Waals surface area contributed by atoms with Crippen molar-refractivity contribution in [2.45, 2.75) is 38.4 Å². The van der Waals surface area contributed by atoms with Gasteiger partial charge in [0.05, 0.1) is 5.69 Å². The highest BCUT2D eigenvalue weighted by atomic mass is 35.5. The molecule has 7 heteroatoms. The van der Waals surface area contributed by atoms with E-state index in [1.807, 2.05) is 37.3 Å². The van der Waals surface area contributed by atoms with Gasteiger partial charge in [0.25, 0.3) is 0 Å². The maximum atomic E-state index is 12.6. The van der Waals surface area contributed by atoms with Gasteiger partial charge in [-0.25, -0.2) is 4.99 Å². The molecule has 2 amide bonds. The van der Waals surface area contributed by atoms with Crippen LogP contribution in [0.4, 0.5) is 11.4 Å². The molecular formula is C22H24ClN3O2S. The highest BCUT2D eigenvalue weighted by molar-refractivity contribution is 8.15. The van der Waals surface area contributed by atoms with E-state index in [1.54, 1.807) is 19.2 Å². The zero-order valence-electron chi connectivity index (χ0n) is 16.9. The number of halogens is 1. The van der Waals surface area contributed by atoms with E-state index in [2.05, 4.69) is 24.2 Å². The summed E-state index contributed by atoms with van der Waals surface area (Å²) in [5.74, 6) is 0.101. The largest absolute Gasteiger partial charge is 0.326 e. The number of aliphatic imine (C=N–C) groups is 1. The zero-order chi connectivity index (χ0) is 21.1. The Morgan fingerprint density at radius 1 is 1.24 bits per heavy atom. The Kier molecular flexibility index (Phi) is 6.65. The molecule has 0 aliphatic carbocycles. The third-order valence-electron chi connectivity index (χ3n) is 4.75. The van der Waals surface area contributed by atoms with Crippen LogP contribution in [0.1, 0.15) is 37.3 Å². The minimum Gasteiger partial charge on any atom is -0.326 e. The van der Waals surface area contributed by atoms with Crippen molar-refractivity contribution < 1.29 is 9.59 Å². The van der Waals surface area contributed by atoms with Gasteiger partial charge in [0, 0.05) is 24.2 Å². The standard InChI is InChI=1S/C22H24ClN3O2S/c1-13(2)15-6-9-16(10-7-15)25-22-26(4)21(28)19(29-22)12-20(27)24-17-8-5-14(3)18(23)11-17/h5-11,13,19H,12H2,1-4H3,(H,24,27)/t19-/m0/s1. The van der Waals surface area contributed by atoms with Gasteiger partial charge in [-0.1, -0.05) is 55.4 Å². The van der Waals surface area contributed by atoms with Crippen molar-refractivity contribution >= 4 is 51.7 Å². The second-order valence-electron chi connectivity index (χ2n) is 7.36. The predicted molar refractivity (Wildman–Crippen MR) is 121 cm³/mol. The van der Waals surface area contributed by atoms with Gasteiger partial charge in [0.2, 0.25) is 11.8 Å². The van der Waals surface area contributed by atoms with Gasteiger partial charge in [-0.05, 0) is 48.2 Å². The van der Waals surface area contributed by atoms with Crippen molar-refractivity contribution in [1.29, 1.82) is 0 Å². The van der Waals surface area contributed by atoms with Gasteiger partial charge in [0.1, 0.15) is 5.25 Å². The van der Waals surface area contributed by atoms with Gasteiger partial charge in [-0.15, -0.1) is 0 Å². The van der Waals surface area contributed by atoms with E-state index >= 15 is 0 Å². The summed E-state index contributed by atoms with van der Waals surface area (Å²) in [6.07, 6.45) is 0.0741. The minimum atomic E-state index is -0.491. The maximum absolute atomic E-state index is 12.6. The number of nitrogens with one attached hydrogen (secondary N) is 1. The first-order valence-electron chi connectivity index (χ1n) is 9.43. The van der Waals surface area contributed by atoms with E-state index in [1.165, 1.54) is 22.2 Å². The Morgan fingerprint density at radius 3 is 2.55 bits per heavy atom. The topological polar surface area (TPSA) is 61.8 Å². The van der Waals surface area contributed by atoms with Crippen LogP contribution in [0.5, 0.6) is 0 Å². The Bertz CT molecular complexity index is 957. The second kappa shape index (κ2) is 9.01. The van der Waals surface area contributed by atoms with Gasteiger partial charge in [-0.3, -0.25) is 14.5 Å². The monoisotopic (exact) mass is 429 g/mol. The highest BCUT2D eigenvalue weighted by Gasteiger charge is 2.37. The Balaban J connectivity index is 1.66. The van der Waals surface area contributed by atoms with Crippen LogP contribution in [-0.2, 0) is 9.59 Å². The van der Waals surface area contributed by atoms with Crippen molar-refractivity contribution in [3.8, 4) is 0 Å². The van der Waals surface area contributed by atoms with Crippen molar-refractivity contribution in [3.63, 3.8) is 0 Å². The molecule has 2 aromatic carbocycles. The van der Waals surface area contributed by atoms with Crippen LogP contribution in [0.15, 0.2) is 47.5 Å². The zero-order valence-corrected chi connectivity index (χ0v) is 18.5. The van der Waals surface area contributed by atoms with E-state index in [0.717, 1.165) is 11.3 Å². The number of hydrogen-bond donors (Lipinski definition) is 1. The number of anilines is 1. The molecule has 0 bridgehead atoms. The third-order valence-corrected chi connectivity index (χ3v) is 6.39. The van der Waals surface area contributed by atoms with Crippen molar-refractivity contribution in [2.24, 2.45) is 4.99 Å². The van der Waals surface area contributed by atoms with Crippen LogP contribution in [-0.4, -0.2) is 34.2 Å². The lowest BCUT2D eigenvalue weighted by molar-refractivity contribution is -0.127. The smallest absolute Gasteiger partial charge is 0.242 e. The van der Waals surface area contributed by atoms with Crippen molar-refractivity contribution in [3.05, 3.63) is 58.6 Å². The molecule has 1 aliphatic rings. The lowest BCUT2D eigenvalue weighted by Gasteiger charge is -2.10. The molecule has 0 radical (unpaired) electrons. The van der Waals surface area contributed by atoms with E-state index in [4.69, 9.17) is 11.6 Å². The molecule has 2 aromatic rings. The molecule has 152 valence electrons. The lowest BCUT2D eigenvalue weighted by Crippen LogP contribution is -2.30.